The van der Waals surface area contributed by atoms with E-state index in [1.165, 1.54) is 116 Å². The molecule has 0 unspecified atom stereocenters. The van der Waals surface area contributed by atoms with Crippen LogP contribution in [0.4, 0.5) is 0 Å². The molecule has 0 radical (unpaired) electrons. The number of carboxylic acids is 2. The van der Waals surface area contributed by atoms with Crippen molar-refractivity contribution >= 4 is 11.9 Å². The van der Waals surface area contributed by atoms with Crippen LogP contribution in [0.5, 0.6) is 0 Å². The van der Waals surface area contributed by atoms with Gasteiger partial charge in [-0.25, -0.2) is 0 Å². The maximum absolute atomic E-state index is 10.3. The van der Waals surface area contributed by atoms with Crippen LogP contribution in [-0.2, 0) is 30.7 Å². The fourth-order valence-corrected chi connectivity index (χ4v) is 3.88. The molecule has 0 aliphatic heterocycles. The Morgan fingerprint density at radius 2 is 0.588 bits per heavy atom. The van der Waals surface area contributed by atoms with E-state index in [9.17, 15) is 9.59 Å². The Morgan fingerprint density at radius 3 is 0.765 bits per heavy atom. The molecule has 0 saturated carbocycles. The SMILES string of the molecule is CCCCCCCCCCCCCC(=O)O.CCCCCCCCCCCCCC(=O)O.O.[Pt]. The van der Waals surface area contributed by atoms with Gasteiger partial charge in [0, 0.05) is 33.9 Å². The van der Waals surface area contributed by atoms with Gasteiger partial charge in [0.05, 0.1) is 0 Å². The molecule has 0 bridgehead atoms. The Balaban J connectivity index is -0.000000250. The van der Waals surface area contributed by atoms with Gasteiger partial charge in [-0.15, -0.1) is 0 Å². The predicted molar refractivity (Wildman–Crippen MR) is 141 cm³/mol. The van der Waals surface area contributed by atoms with Crippen molar-refractivity contribution in [3.8, 4) is 0 Å². The zero-order chi connectivity index (χ0) is 24.1. The molecule has 0 aliphatic rings. The number of rotatable bonds is 24. The van der Waals surface area contributed by atoms with E-state index >= 15 is 0 Å². The van der Waals surface area contributed by atoms with Gasteiger partial charge in [0.2, 0.25) is 0 Å². The predicted octanol–water partition coefficient (Wildman–Crippen LogP) is 8.72. The Hall–Kier alpha value is -0.412. The molecule has 0 aromatic heterocycles. The van der Waals surface area contributed by atoms with Crippen molar-refractivity contribution in [3.05, 3.63) is 0 Å². The molecule has 0 amide bonds. The van der Waals surface area contributed by atoms with Gasteiger partial charge in [-0.05, 0) is 12.8 Å². The van der Waals surface area contributed by atoms with Gasteiger partial charge in [0.15, 0.2) is 0 Å². The molecular formula is C28H58O5Pt. The molecule has 5 nitrogen and oxygen atoms in total. The van der Waals surface area contributed by atoms with E-state index in [-0.39, 0.29) is 26.5 Å². The summed E-state index contributed by atoms with van der Waals surface area (Å²) < 4.78 is 0. The monoisotopic (exact) mass is 669 g/mol. The summed E-state index contributed by atoms with van der Waals surface area (Å²) in [5, 5.41) is 16.9. The summed E-state index contributed by atoms with van der Waals surface area (Å²) in [6.45, 7) is 4.49. The summed E-state index contributed by atoms with van der Waals surface area (Å²) in [5.74, 6) is -1.31. The molecule has 0 aromatic carbocycles. The first-order chi connectivity index (χ1) is 15.5. The van der Waals surface area contributed by atoms with Gasteiger partial charge in [0.1, 0.15) is 0 Å². The summed E-state index contributed by atoms with van der Waals surface area (Å²) in [6, 6.07) is 0. The number of carboxylic acid groups (broad SMARTS) is 2. The third-order valence-corrected chi connectivity index (χ3v) is 5.99. The standard InChI is InChI=1S/2C14H28O2.H2O.Pt/c2*1-2-3-4-5-6-7-8-9-10-11-12-13-14(15)16;;/h2*2-13H2,1H3,(H,15,16);1H2;. The van der Waals surface area contributed by atoms with Crippen molar-refractivity contribution in [2.45, 2.75) is 168 Å². The molecule has 34 heavy (non-hydrogen) atoms. The van der Waals surface area contributed by atoms with Crippen LogP contribution in [0.2, 0.25) is 0 Å². The van der Waals surface area contributed by atoms with E-state index in [4.69, 9.17) is 10.2 Å². The first kappa shape index (κ1) is 40.7. The molecule has 4 N–H and O–H groups in total. The molecule has 0 rings (SSSR count). The van der Waals surface area contributed by atoms with Crippen molar-refractivity contribution in [2.75, 3.05) is 0 Å². The largest absolute Gasteiger partial charge is 0.481 e. The number of unbranched alkanes of at least 4 members (excludes halogenated alkanes) is 20. The van der Waals surface area contributed by atoms with Crippen molar-refractivity contribution in [3.63, 3.8) is 0 Å². The molecular weight excluding hydrogens is 611 g/mol. The Kier molecular flexibility index (Phi) is 44.5. The normalized spacial score (nSPS) is 9.94. The number of hydrogen-bond donors (Lipinski definition) is 2. The number of carbonyl (C=O) groups is 2. The van der Waals surface area contributed by atoms with Crippen LogP contribution in [0.25, 0.3) is 0 Å². The number of hydrogen-bond acceptors (Lipinski definition) is 2. The fourth-order valence-electron chi connectivity index (χ4n) is 3.88. The second-order valence-electron chi connectivity index (χ2n) is 9.36. The minimum absolute atomic E-state index is 0. The quantitative estimate of drug-likeness (QED) is 0.100. The Bertz CT molecular complexity index is 355. The molecule has 210 valence electrons. The molecule has 6 heteroatoms. The zero-order valence-electron chi connectivity index (χ0n) is 22.5. The van der Waals surface area contributed by atoms with E-state index in [1.807, 2.05) is 0 Å². The molecule has 0 atom stereocenters. The first-order valence-corrected chi connectivity index (χ1v) is 14.0. The molecule has 0 aliphatic carbocycles. The van der Waals surface area contributed by atoms with E-state index in [1.54, 1.807) is 0 Å². The van der Waals surface area contributed by atoms with E-state index in [2.05, 4.69) is 13.8 Å². The van der Waals surface area contributed by atoms with Crippen LogP contribution in [0.3, 0.4) is 0 Å². The van der Waals surface area contributed by atoms with Crippen molar-refractivity contribution < 1.29 is 46.3 Å². The van der Waals surface area contributed by atoms with Gasteiger partial charge in [0.25, 0.3) is 0 Å². The Labute approximate surface area is 225 Å². The summed E-state index contributed by atoms with van der Waals surface area (Å²) in [7, 11) is 0. The maximum atomic E-state index is 10.3. The van der Waals surface area contributed by atoms with Gasteiger partial charge in [-0.2, -0.15) is 0 Å². The topological polar surface area (TPSA) is 106 Å². The van der Waals surface area contributed by atoms with Crippen LogP contribution < -0.4 is 0 Å². The number of aliphatic carboxylic acids is 2. The summed E-state index contributed by atoms with van der Waals surface area (Å²) in [5.41, 5.74) is 0. The van der Waals surface area contributed by atoms with Gasteiger partial charge in [-0.1, -0.05) is 142 Å². The average Bonchev–Trinajstić information content (AvgIpc) is 2.76. The van der Waals surface area contributed by atoms with Crippen molar-refractivity contribution in [1.82, 2.24) is 0 Å². The zero-order valence-corrected chi connectivity index (χ0v) is 24.8. The van der Waals surface area contributed by atoms with Crippen LogP contribution in [0.1, 0.15) is 168 Å². The minimum Gasteiger partial charge on any atom is -0.481 e. The Morgan fingerprint density at radius 1 is 0.412 bits per heavy atom. The molecule has 0 saturated heterocycles. The summed E-state index contributed by atoms with van der Waals surface area (Å²) in [6.07, 6.45) is 28.7. The maximum Gasteiger partial charge on any atom is 0.303 e. The second kappa shape index (κ2) is 37.1. The van der Waals surface area contributed by atoms with Crippen molar-refractivity contribution in [2.24, 2.45) is 0 Å². The van der Waals surface area contributed by atoms with E-state index in [0.717, 1.165) is 25.7 Å². The van der Waals surface area contributed by atoms with Crippen LogP contribution in [-0.4, -0.2) is 27.6 Å². The van der Waals surface area contributed by atoms with Crippen LogP contribution in [0, 0.1) is 0 Å². The summed E-state index contributed by atoms with van der Waals surface area (Å²) in [4.78, 5) is 20.5. The fraction of sp³-hybridized carbons (Fsp3) is 0.929. The van der Waals surface area contributed by atoms with Gasteiger partial charge in [-0.3, -0.25) is 9.59 Å². The van der Waals surface area contributed by atoms with E-state index in [0.29, 0.717) is 12.8 Å². The third-order valence-electron chi connectivity index (χ3n) is 5.99. The molecule has 0 fully saturated rings. The first-order valence-electron chi connectivity index (χ1n) is 14.0. The van der Waals surface area contributed by atoms with Gasteiger partial charge < -0.3 is 15.7 Å². The van der Waals surface area contributed by atoms with Crippen molar-refractivity contribution in [1.29, 1.82) is 0 Å². The van der Waals surface area contributed by atoms with Gasteiger partial charge >= 0.3 is 11.9 Å². The average molecular weight is 670 g/mol. The minimum atomic E-state index is -0.657. The van der Waals surface area contributed by atoms with Crippen LogP contribution in [0.15, 0.2) is 0 Å². The second-order valence-corrected chi connectivity index (χ2v) is 9.36. The third kappa shape index (κ3) is 45.1. The molecule has 0 spiro atoms. The molecule has 0 heterocycles. The van der Waals surface area contributed by atoms with Crippen LogP contribution >= 0.6 is 0 Å². The summed E-state index contributed by atoms with van der Waals surface area (Å²) >= 11 is 0. The molecule has 0 aromatic rings. The smallest absolute Gasteiger partial charge is 0.303 e. The van der Waals surface area contributed by atoms with E-state index < -0.39 is 11.9 Å².